The first-order chi connectivity index (χ1) is 9.47. The highest BCUT2D eigenvalue weighted by atomic mass is 16.2. The lowest BCUT2D eigenvalue weighted by atomic mass is 9.98. The van der Waals surface area contributed by atoms with Crippen molar-refractivity contribution >= 4 is 11.8 Å². The molecule has 1 aliphatic heterocycles. The molecule has 2 amide bonds. The van der Waals surface area contributed by atoms with Crippen molar-refractivity contribution in [2.24, 2.45) is 11.7 Å². The molecule has 2 unspecified atom stereocenters. The molecule has 6 nitrogen and oxygen atoms in total. The summed E-state index contributed by atoms with van der Waals surface area (Å²) in [5, 5.41) is 5.65. The summed E-state index contributed by atoms with van der Waals surface area (Å²) in [5.74, 6) is 0.179. The highest BCUT2D eigenvalue weighted by Gasteiger charge is 2.25. The number of hydrogen-bond acceptors (Lipinski definition) is 4. The molecule has 1 heterocycles. The third-order valence-electron chi connectivity index (χ3n) is 4.14. The topological polar surface area (TPSA) is 87.5 Å². The van der Waals surface area contributed by atoms with E-state index in [4.69, 9.17) is 5.73 Å². The predicted octanol–water partition coefficient (Wildman–Crippen LogP) is -0.314. The van der Waals surface area contributed by atoms with Gasteiger partial charge in [0.2, 0.25) is 11.8 Å². The fourth-order valence-electron chi connectivity index (χ4n) is 2.33. The maximum atomic E-state index is 12.0. The number of amides is 2. The summed E-state index contributed by atoms with van der Waals surface area (Å²) < 4.78 is 0. The number of carbonyl (C=O) groups is 2. The minimum atomic E-state index is -0.427. The Hall–Kier alpha value is -1.14. The third kappa shape index (κ3) is 5.09. The lowest BCUT2D eigenvalue weighted by molar-refractivity contribution is -0.125. The summed E-state index contributed by atoms with van der Waals surface area (Å²) in [4.78, 5) is 25.4. The summed E-state index contributed by atoms with van der Waals surface area (Å²) in [7, 11) is 1.64. The molecule has 0 aromatic heterocycles. The van der Waals surface area contributed by atoms with Gasteiger partial charge < -0.3 is 16.4 Å². The number of piperidine rings is 1. The van der Waals surface area contributed by atoms with E-state index in [1.165, 1.54) is 0 Å². The van der Waals surface area contributed by atoms with E-state index in [2.05, 4.69) is 15.5 Å². The Balaban J connectivity index is 2.32. The first-order valence-corrected chi connectivity index (χ1v) is 7.46. The molecule has 0 radical (unpaired) electrons. The van der Waals surface area contributed by atoms with Crippen molar-refractivity contribution in [3.8, 4) is 0 Å². The summed E-state index contributed by atoms with van der Waals surface area (Å²) in [6.07, 6.45) is 2.64. The number of carbonyl (C=O) groups excluding carboxylic acids is 2. The highest BCUT2D eigenvalue weighted by Crippen LogP contribution is 2.11. The van der Waals surface area contributed by atoms with Crippen molar-refractivity contribution in [2.45, 2.75) is 45.2 Å². The van der Waals surface area contributed by atoms with Gasteiger partial charge in [-0.15, -0.1) is 0 Å². The van der Waals surface area contributed by atoms with Crippen LogP contribution in [0.25, 0.3) is 0 Å². The second-order valence-corrected chi connectivity index (χ2v) is 5.64. The van der Waals surface area contributed by atoms with E-state index in [1.54, 1.807) is 7.05 Å². The number of nitrogens with zero attached hydrogens (tertiary/aromatic N) is 1. The number of likely N-dealkylation sites (N-methyl/N-ethyl adjacent to an activating group) is 1. The van der Waals surface area contributed by atoms with Crippen LogP contribution in [0, 0.1) is 5.92 Å². The lowest BCUT2D eigenvalue weighted by Gasteiger charge is -2.32. The van der Waals surface area contributed by atoms with Crippen molar-refractivity contribution < 1.29 is 9.59 Å². The number of nitrogens with two attached hydrogens (primary N) is 1. The largest absolute Gasteiger partial charge is 0.358 e. The first kappa shape index (κ1) is 16.9. The summed E-state index contributed by atoms with van der Waals surface area (Å²) >= 11 is 0. The fourth-order valence-corrected chi connectivity index (χ4v) is 2.33. The Labute approximate surface area is 121 Å². The zero-order valence-corrected chi connectivity index (χ0v) is 12.8. The number of rotatable bonds is 6. The maximum Gasteiger partial charge on any atom is 0.237 e. The number of hydrogen-bond donors (Lipinski definition) is 3. The van der Waals surface area contributed by atoms with Crippen molar-refractivity contribution in [3.05, 3.63) is 0 Å². The minimum Gasteiger partial charge on any atom is -0.358 e. The van der Waals surface area contributed by atoms with Crippen LogP contribution in [0.2, 0.25) is 0 Å². The zero-order valence-electron chi connectivity index (χ0n) is 12.8. The van der Waals surface area contributed by atoms with Crippen LogP contribution in [0.5, 0.6) is 0 Å². The summed E-state index contributed by atoms with van der Waals surface area (Å²) in [6.45, 7) is 6.13. The first-order valence-electron chi connectivity index (χ1n) is 7.46. The molecule has 4 N–H and O–H groups in total. The van der Waals surface area contributed by atoms with Gasteiger partial charge in [0.05, 0.1) is 12.6 Å². The monoisotopic (exact) mass is 284 g/mol. The lowest BCUT2D eigenvalue weighted by Crippen LogP contribution is -2.52. The molecule has 1 rings (SSSR count). The second-order valence-electron chi connectivity index (χ2n) is 5.64. The standard InChI is InChI=1S/C14H28N4O2/c1-4-10(2)13(15)14(20)17-11-5-7-18(8-6-11)9-12(19)16-3/h10-11,13H,4-9,15H2,1-3H3,(H,16,19)(H,17,20). The molecule has 2 atom stereocenters. The van der Waals surface area contributed by atoms with Gasteiger partial charge in [-0.3, -0.25) is 14.5 Å². The van der Waals surface area contributed by atoms with Crippen LogP contribution in [0.1, 0.15) is 33.1 Å². The summed E-state index contributed by atoms with van der Waals surface area (Å²) in [6, 6.07) is -0.248. The van der Waals surface area contributed by atoms with Gasteiger partial charge in [0.25, 0.3) is 0 Å². The normalized spacial score (nSPS) is 20.2. The maximum absolute atomic E-state index is 12.0. The van der Waals surface area contributed by atoms with Crippen LogP contribution in [-0.2, 0) is 9.59 Å². The molecule has 1 fully saturated rings. The second kappa shape index (κ2) is 8.21. The van der Waals surface area contributed by atoms with Gasteiger partial charge in [-0.05, 0) is 18.8 Å². The molecule has 0 aliphatic carbocycles. The van der Waals surface area contributed by atoms with Gasteiger partial charge in [-0.2, -0.15) is 0 Å². The van der Waals surface area contributed by atoms with Gasteiger partial charge in [0.15, 0.2) is 0 Å². The molecular formula is C14H28N4O2. The SMILES string of the molecule is CCC(C)C(N)C(=O)NC1CCN(CC(=O)NC)CC1. The van der Waals surface area contributed by atoms with E-state index in [9.17, 15) is 9.59 Å². The molecular weight excluding hydrogens is 256 g/mol. The Kier molecular flexibility index (Phi) is 6.95. The third-order valence-corrected chi connectivity index (χ3v) is 4.14. The Morgan fingerprint density at radius 1 is 1.35 bits per heavy atom. The van der Waals surface area contributed by atoms with Gasteiger partial charge in [-0.1, -0.05) is 20.3 Å². The molecule has 20 heavy (non-hydrogen) atoms. The quantitative estimate of drug-likeness (QED) is 0.624. The van der Waals surface area contributed by atoms with E-state index in [0.717, 1.165) is 32.4 Å². The van der Waals surface area contributed by atoms with Crippen LogP contribution in [0.3, 0.4) is 0 Å². The van der Waals surface area contributed by atoms with Crippen LogP contribution in [0.4, 0.5) is 0 Å². The van der Waals surface area contributed by atoms with Crippen molar-refractivity contribution in [1.82, 2.24) is 15.5 Å². The van der Waals surface area contributed by atoms with Crippen LogP contribution in [-0.4, -0.2) is 55.5 Å². The number of likely N-dealkylation sites (tertiary alicyclic amines) is 1. The molecule has 0 saturated carbocycles. The molecule has 1 saturated heterocycles. The van der Waals surface area contributed by atoms with Gasteiger partial charge in [-0.25, -0.2) is 0 Å². The smallest absolute Gasteiger partial charge is 0.237 e. The Morgan fingerprint density at radius 3 is 2.45 bits per heavy atom. The van der Waals surface area contributed by atoms with E-state index in [-0.39, 0.29) is 23.8 Å². The Bertz CT molecular complexity index is 327. The Morgan fingerprint density at radius 2 is 1.95 bits per heavy atom. The van der Waals surface area contributed by atoms with E-state index in [0.29, 0.717) is 6.54 Å². The minimum absolute atomic E-state index is 0.0336. The van der Waals surface area contributed by atoms with Crippen LogP contribution in [0.15, 0.2) is 0 Å². The average molecular weight is 284 g/mol. The van der Waals surface area contributed by atoms with Crippen LogP contribution >= 0.6 is 0 Å². The van der Waals surface area contributed by atoms with E-state index in [1.807, 2.05) is 13.8 Å². The molecule has 6 heteroatoms. The van der Waals surface area contributed by atoms with Gasteiger partial charge >= 0.3 is 0 Å². The number of nitrogens with one attached hydrogen (secondary N) is 2. The van der Waals surface area contributed by atoms with E-state index >= 15 is 0 Å². The fraction of sp³-hybridized carbons (Fsp3) is 0.857. The van der Waals surface area contributed by atoms with Crippen molar-refractivity contribution in [1.29, 1.82) is 0 Å². The molecule has 0 aromatic carbocycles. The van der Waals surface area contributed by atoms with Gasteiger partial charge in [0, 0.05) is 26.2 Å². The molecule has 0 aromatic rings. The van der Waals surface area contributed by atoms with Crippen LogP contribution < -0.4 is 16.4 Å². The van der Waals surface area contributed by atoms with Crippen molar-refractivity contribution in [2.75, 3.05) is 26.7 Å². The predicted molar refractivity (Wildman–Crippen MR) is 79.1 cm³/mol. The zero-order chi connectivity index (χ0) is 15.1. The molecule has 116 valence electrons. The molecule has 1 aliphatic rings. The molecule has 0 spiro atoms. The molecule has 0 bridgehead atoms. The highest BCUT2D eigenvalue weighted by molar-refractivity contribution is 5.82. The van der Waals surface area contributed by atoms with Crippen molar-refractivity contribution in [3.63, 3.8) is 0 Å². The average Bonchev–Trinajstić information content (AvgIpc) is 2.47. The summed E-state index contributed by atoms with van der Waals surface area (Å²) in [5.41, 5.74) is 5.92. The van der Waals surface area contributed by atoms with Gasteiger partial charge in [0.1, 0.15) is 0 Å². The van der Waals surface area contributed by atoms with E-state index < -0.39 is 6.04 Å².